The van der Waals surface area contributed by atoms with Crippen LogP contribution >= 0.6 is 0 Å². The fourth-order valence-corrected chi connectivity index (χ4v) is 2.47. The smallest absolute Gasteiger partial charge is 0.230 e. The molecule has 1 aromatic rings. The molecule has 5 nitrogen and oxygen atoms in total. The number of hydrogen-bond acceptors (Lipinski definition) is 4. The Bertz CT molecular complexity index is 536. The van der Waals surface area contributed by atoms with Crippen molar-refractivity contribution in [3.8, 4) is 11.5 Å². The summed E-state index contributed by atoms with van der Waals surface area (Å²) in [6, 6.07) is 3.42. The number of ketones is 1. The summed E-state index contributed by atoms with van der Waals surface area (Å²) in [5.74, 6) is 0.392. The number of benzene rings is 1. The zero-order chi connectivity index (χ0) is 14.2. The number of likely N-dealkylation sites (N-methyl/N-ethyl adjacent to an activating group) is 1. The molecule has 102 valence electrons. The molecule has 19 heavy (non-hydrogen) atoms. The van der Waals surface area contributed by atoms with Crippen LogP contribution in [0.25, 0.3) is 0 Å². The van der Waals surface area contributed by atoms with Crippen molar-refractivity contribution in [1.29, 1.82) is 0 Å². The van der Waals surface area contributed by atoms with Crippen molar-refractivity contribution in [2.75, 3.05) is 28.3 Å². The van der Waals surface area contributed by atoms with Gasteiger partial charge in [0.2, 0.25) is 5.91 Å². The van der Waals surface area contributed by atoms with Crippen LogP contribution in [0.3, 0.4) is 0 Å². The van der Waals surface area contributed by atoms with Crippen LogP contribution in [0.5, 0.6) is 11.5 Å². The maximum absolute atomic E-state index is 12.2. The molecule has 0 fully saturated rings. The first-order valence-corrected chi connectivity index (χ1v) is 6.00. The molecule has 1 aromatic carbocycles. The van der Waals surface area contributed by atoms with Crippen LogP contribution in [0, 0.1) is 0 Å². The third kappa shape index (κ3) is 2.05. The summed E-state index contributed by atoms with van der Waals surface area (Å²) in [6.07, 6.45) is 0.170. The van der Waals surface area contributed by atoms with Gasteiger partial charge in [-0.3, -0.25) is 9.59 Å². The van der Waals surface area contributed by atoms with Crippen LogP contribution in [0.15, 0.2) is 12.1 Å². The lowest BCUT2D eigenvalue weighted by Crippen LogP contribution is -2.27. The number of hydrogen-bond donors (Lipinski definition) is 0. The highest BCUT2D eigenvalue weighted by atomic mass is 16.5. The Kier molecular flexibility index (Phi) is 3.46. The summed E-state index contributed by atoms with van der Waals surface area (Å²) in [5, 5.41) is 0. The monoisotopic (exact) mass is 263 g/mol. The van der Waals surface area contributed by atoms with Gasteiger partial charge in [0, 0.05) is 26.1 Å². The molecule has 2 rings (SSSR count). The van der Waals surface area contributed by atoms with E-state index < -0.39 is 5.92 Å². The number of fused-ring (bicyclic) bond motifs is 1. The maximum atomic E-state index is 12.2. The van der Waals surface area contributed by atoms with E-state index in [1.165, 1.54) is 19.1 Å². The summed E-state index contributed by atoms with van der Waals surface area (Å²) in [6.45, 7) is 0. The molecule has 0 aliphatic heterocycles. The zero-order valence-corrected chi connectivity index (χ0v) is 11.5. The molecular formula is C14H17NO4. The van der Waals surface area contributed by atoms with Gasteiger partial charge in [-0.05, 0) is 12.1 Å². The first-order valence-electron chi connectivity index (χ1n) is 6.00. The summed E-state index contributed by atoms with van der Waals surface area (Å²) >= 11 is 0. The van der Waals surface area contributed by atoms with E-state index in [1.54, 1.807) is 26.2 Å². The van der Waals surface area contributed by atoms with Crippen molar-refractivity contribution in [2.45, 2.75) is 12.3 Å². The number of amides is 1. The Morgan fingerprint density at radius 1 is 1.21 bits per heavy atom. The Morgan fingerprint density at radius 2 is 1.79 bits per heavy atom. The number of methoxy groups -OCH3 is 2. The molecule has 0 radical (unpaired) electrons. The number of carbonyl (C=O) groups excluding carboxylic acids is 2. The third-order valence-corrected chi connectivity index (χ3v) is 3.36. The first kappa shape index (κ1) is 13.4. The fourth-order valence-electron chi connectivity index (χ4n) is 2.47. The van der Waals surface area contributed by atoms with E-state index in [1.807, 2.05) is 0 Å². The van der Waals surface area contributed by atoms with Crippen LogP contribution < -0.4 is 9.47 Å². The van der Waals surface area contributed by atoms with Gasteiger partial charge in [-0.25, -0.2) is 0 Å². The van der Waals surface area contributed by atoms with Gasteiger partial charge in [-0.1, -0.05) is 0 Å². The van der Waals surface area contributed by atoms with E-state index in [-0.39, 0.29) is 18.1 Å². The van der Waals surface area contributed by atoms with Crippen LogP contribution in [0.2, 0.25) is 0 Å². The van der Waals surface area contributed by atoms with Crippen LogP contribution in [0.4, 0.5) is 0 Å². The molecule has 1 aliphatic carbocycles. The summed E-state index contributed by atoms with van der Waals surface area (Å²) < 4.78 is 10.5. The SMILES string of the molecule is COc1ccc(OC)c2c1C(=O)CC2C(=O)N(C)C. The van der Waals surface area contributed by atoms with E-state index in [0.717, 1.165) is 0 Å². The fraction of sp³-hybridized carbons (Fsp3) is 0.429. The molecule has 0 bridgehead atoms. The lowest BCUT2D eigenvalue weighted by atomic mass is 9.98. The minimum Gasteiger partial charge on any atom is -0.496 e. The number of rotatable bonds is 3. The van der Waals surface area contributed by atoms with Gasteiger partial charge in [0.15, 0.2) is 5.78 Å². The Hall–Kier alpha value is -2.04. The van der Waals surface area contributed by atoms with Crippen LogP contribution in [-0.2, 0) is 4.79 Å². The molecular weight excluding hydrogens is 246 g/mol. The maximum Gasteiger partial charge on any atom is 0.230 e. The largest absolute Gasteiger partial charge is 0.496 e. The second-order valence-corrected chi connectivity index (χ2v) is 4.67. The molecule has 0 spiro atoms. The van der Waals surface area contributed by atoms with Crippen molar-refractivity contribution >= 4 is 11.7 Å². The third-order valence-electron chi connectivity index (χ3n) is 3.36. The standard InChI is InChI=1S/C14H17NO4/c1-15(2)14(17)8-7-9(16)13-11(19-4)6-5-10(18-3)12(8)13/h5-6,8H,7H2,1-4H3. The number of Topliss-reactive ketones (excluding diaryl/α,β-unsaturated/α-hetero) is 1. The van der Waals surface area contributed by atoms with E-state index in [4.69, 9.17) is 9.47 Å². The molecule has 0 saturated heterocycles. The molecule has 1 aliphatic rings. The molecule has 1 unspecified atom stereocenters. The van der Waals surface area contributed by atoms with Crippen molar-refractivity contribution in [3.63, 3.8) is 0 Å². The molecule has 1 atom stereocenters. The molecule has 0 heterocycles. The zero-order valence-electron chi connectivity index (χ0n) is 11.5. The molecule has 1 amide bonds. The van der Waals surface area contributed by atoms with E-state index in [2.05, 4.69) is 0 Å². The predicted molar refractivity (Wildman–Crippen MR) is 69.9 cm³/mol. The number of nitrogens with zero attached hydrogens (tertiary/aromatic N) is 1. The van der Waals surface area contributed by atoms with Crippen molar-refractivity contribution in [3.05, 3.63) is 23.3 Å². The van der Waals surface area contributed by atoms with Gasteiger partial charge in [-0.2, -0.15) is 0 Å². The predicted octanol–water partition coefficient (Wildman–Crippen LogP) is 1.46. The highest BCUT2D eigenvalue weighted by molar-refractivity contribution is 6.09. The second kappa shape index (κ2) is 4.91. The lowest BCUT2D eigenvalue weighted by Gasteiger charge is -2.18. The van der Waals surface area contributed by atoms with Gasteiger partial charge >= 0.3 is 0 Å². The lowest BCUT2D eigenvalue weighted by molar-refractivity contribution is -0.130. The normalized spacial score (nSPS) is 17.1. The van der Waals surface area contributed by atoms with Gasteiger partial charge < -0.3 is 14.4 Å². The summed E-state index contributed by atoms with van der Waals surface area (Å²) in [4.78, 5) is 25.8. The average Bonchev–Trinajstić information content (AvgIpc) is 2.75. The quantitative estimate of drug-likeness (QED) is 0.828. The topological polar surface area (TPSA) is 55.8 Å². The van der Waals surface area contributed by atoms with Gasteiger partial charge in [-0.15, -0.1) is 0 Å². The average molecular weight is 263 g/mol. The minimum absolute atomic E-state index is 0.0778. The van der Waals surface area contributed by atoms with E-state index in [0.29, 0.717) is 22.6 Å². The Labute approximate surface area is 112 Å². The highest BCUT2D eigenvalue weighted by Gasteiger charge is 2.39. The van der Waals surface area contributed by atoms with Crippen molar-refractivity contribution in [1.82, 2.24) is 4.90 Å². The highest BCUT2D eigenvalue weighted by Crippen LogP contribution is 2.44. The van der Waals surface area contributed by atoms with Gasteiger partial charge in [0.1, 0.15) is 11.5 Å². The summed E-state index contributed by atoms with van der Waals surface area (Å²) in [7, 11) is 6.40. The molecule has 0 N–H and O–H groups in total. The van der Waals surface area contributed by atoms with Gasteiger partial charge in [0.05, 0.1) is 25.7 Å². The number of carbonyl (C=O) groups is 2. The van der Waals surface area contributed by atoms with Crippen LogP contribution in [-0.4, -0.2) is 44.9 Å². The minimum atomic E-state index is -0.484. The Morgan fingerprint density at radius 3 is 2.32 bits per heavy atom. The van der Waals surface area contributed by atoms with Gasteiger partial charge in [0.25, 0.3) is 0 Å². The van der Waals surface area contributed by atoms with Crippen molar-refractivity contribution < 1.29 is 19.1 Å². The molecule has 5 heteroatoms. The Balaban J connectivity index is 2.61. The van der Waals surface area contributed by atoms with E-state index in [9.17, 15) is 9.59 Å². The van der Waals surface area contributed by atoms with Crippen LogP contribution in [0.1, 0.15) is 28.3 Å². The first-order chi connectivity index (χ1) is 9.01. The number of ether oxygens (including phenoxy) is 2. The van der Waals surface area contributed by atoms with Crippen molar-refractivity contribution in [2.24, 2.45) is 0 Å². The molecule has 0 saturated carbocycles. The molecule has 0 aromatic heterocycles. The van der Waals surface area contributed by atoms with E-state index >= 15 is 0 Å². The second-order valence-electron chi connectivity index (χ2n) is 4.67. The summed E-state index contributed by atoms with van der Waals surface area (Å²) in [5.41, 5.74) is 1.12.